The van der Waals surface area contributed by atoms with Crippen LogP contribution in [0.3, 0.4) is 0 Å². The number of aromatic nitrogens is 1. The standard InChI is InChI=1S/C15H16N6/c16-15(13-6-2-1-3-7-13)20-11-19-14(21-15)18-10-12-5-4-8-17-9-12/h1-9,11H,10,16H2,(H2,18,19,20,21). The Balaban J connectivity index is 1.75. The normalized spacial score (nSPS) is 20.5. The van der Waals surface area contributed by atoms with Gasteiger partial charge in [-0.05, 0) is 11.6 Å². The van der Waals surface area contributed by atoms with Gasteiger partial charge < -0.3 is 10.6 Å². The van der Waals surface area contributed by atoms with E-state index in [0.717, 1.165) is 11.1 Å². The maximum atomic E-state index is 6.30. The molecule has 2 heterocycles. The van der Waals surface area contributed by atoms with E-state index < -0.39 is 5.79 Å². The van der Waals surface area contributed by atoms with Gasteiger partial charge in [0.15, 0.2) is 0 Å². The molecule has 0 spiro atoms. The molecule has 21 heavy (non-hydrogen) atoms. The van der Waals surface area contributed by atoms with Gasteiger partial charge in [0, 0.05) is 24.5 Å². The lowest BCUT2D eigenvalue weighted by Gasteiger charge is -2.28. The van der Waals surface area contributed by atoms with E-state index in [9.17, 15) is 0 Å². The summed E-state index contributed by atoms with van der Waals surface area (Å²) in [7, 11) is 0. The summed E-state index contributed by atoms with van der Waals surface area (Å²) >= 11 is 0. The van der Waals surface area contributed by atoms with Crippen molar-refractivity contribution in [3.05, 3.63) is 66.0 Å². The van der Waals surface area contributed by atoms with Crippen molar-refractivity contribution in [3.63, 3.8) is 0 Å². The third-order valence-electron chi connectivity index (χ3n) is 3.14. The van der Waals surface area contributed by atoms with Crippen molar-refractivity contribution in [2.75, 3.05) is 0 Å². The van der Waals surface area contributed by atoms with E-state index in [1.165, 1.54) is 0 Å². The summed E-state index contributed by atoms with van der Waals surface area (Å²) in [6.07, 6.45) is 5.10. The van der Waals surface area contributed by atoms with Crippen LogP contribution < -0.4 is 16.4 Å². The monoisotopic (exact) mass is 280 g/mol. The fraction of sp³-hybridized carbons (Fsp3) is 0.133. The van der Waals surface area contributed by atoms with Crippen LogP contribution in [0.15, 0.2) is 64.8 Å². The highest BCUT2D eigenvalue weighted by Gasteiger charge is 2.28. The number of benzene rings is 1. The van der Waals surface area contributed by atoms with Gasteiger partial charge in [-0.3, -0.25) is 10.7 Å². The zero-order chi connectivity index (χ0) is 14.5. The van der Waals surface area contributed by atoms with Crippen LogP contribution >= 0.6 is 0 Å². The van der Waals surface area contributed by atoms with Gasteiger partial charge in [0.2, 0.25) is 11.7 Å². The van der Waals surface area contributed by atoms with Gasteiger partial charge in [-0.1, -0.05) is 36.4 Å². The Kier molecular flexibility index (Phi) is 3.61. The molecule has 1 atom stereocenters. The molecule has 6 nitrogen and oxygen atoms in total. The van der Waals surface area contributed by atoms with Gasteiger partial charge in [0.1, 0.15) is 0 Å². The first kappa shape index (κ1) is 13.3. The highest BCUT2D eigenvalue weighted by atomic mass is 15.3. The van der Waals surface area contributed by atoms with Crippen molar-refractivity contribution < 1.29 is 0 Å². The van der Waals surface area contributed by atoms with E-state index in [0.29, 0.717) is 12.5 Å². The largest absolute Gasteiger partial charge is 0.350 e. The first-order chi connectivity index (χ1) is 10.3. The Morgan fingerprint density at radius 2 is 2.00 bits per heavy atom. The summed E-state index contributed by atoms with van der Waals surface area (Å²) in [5, 5.41) is 6.14. The number of rotatable bonds is 3. The van der Waals surface area contributed by atoms with Gasteiger partial charge in [-0.25, -0.2) is 9.98 Å². The van der Waals surface area contributed by atoms with Crippen LogP contribution in [0.2, 0.25) is 0 Å². The van der Waals surface area contributed by atoms with Crippen LogP contribution in [0.5, 0.6) is 0 Å². The molecule has 4 N–H and O–H groups in total. The average Bonchev–Trinajstić information content (AvgIpc) is 2.55. The molecule has 3 rings (SSSR count). The van der Waals surface area contributed by atoms with Crippen molar-refractivity contribution in [2.45, 2.75) is 12.3 Å². The second-order valence-corrected chi connectivity index (χ2v) is 4.69. The second-order valence-electron chi connectivity index (χ2n) is 4.69. The Labute approximate surface area is 122 Å². The summed E-state index contributed by atoms with van der Waals surface area (Å²) in [5.41, 5.74) is 8.22. The molecule has 0 amide bonds. The molecule has 0 radical (unpaired) electrons. The van der Waals surface area contributed by atoms with E-state index in [1.54, 1.807) is 18.7 Å². The fourth-order valence-corrected chi connectivity index (χ4v) is 2.03. The molecule has 1 aromatic carbocycles. The van der Waals surface area contributed by atoms with E-state index in [2.05, 4.69) is 25.6 Å². The van der Waals surface area contributed by atoms with Crippen LogP contribution in [-0.4, -0.2) is 17.3 Å². The molecule has 106 valence electrons. The third-order valence-corrected chi connectivity index (χ3v) is 3.14. The lowest BCUT2D eigenvalue weighted by Crippen LogP contribution is -2.52. The molecule has 1 aliphatic heterocycles. The molecule has 0 saturated carbocycles. The maximum Gasteiger partial charge on any atom is 0.223 e. The lowest BCUT2D eigenvalue weighted by atomic mass is 10.1. The van der Waals surface area contributed by atoms with Crippen molar-refractivity contribution in [1.82, 2.24) is 15.6 Å². The minimum absolute atomic E-state index is 0.490. The maximum absolute atomic E-state index is 6.30. The van der Waals surface area contributed by atoms with Gasteiger partial charge in [-0.2, -0.15) is 0 Å². The summed E-state index contributed by atoms with van der Waals surface area (Å²) in [4.78, 5) is 12.7. The summed E-state index contributed by atoms with van der Waals surface area (Å²) in [6, 6.07) is 13.5. The number of nitrogens with zero attached hydrogens (tertiary/aromatic N) is 3. The van der Waals surface area contributed by atoms with Crippen LogP contribution in [0, 0.1) is 0 Å². The highest BCUT2D eigenvalue weighted by molar-refractivity contribution is 5.89. The minimum atomic E-state index is -1.000. The van der Waals surface area contributed by atoms with Gasteiger partial charge in [-0.15, -0.1) is 0 Å². The van der Waals surface area contributed by atoms with E-state index >= 15 is 0 Å². The molecule has 1 aliphatic rings. The lowest BCUT2D eigenvalue weighted by molar-refractivity contribution is 0.428. The fourth-order valence-electron chi connectivity index (χ4n) is 2.03. The quantitative estimate of drug-likeness (QED) is 0.780. The molecule has 1 aromatic heterocycles. The van der Waals surface area contributed by atoms with Gasteiger partial charge >= 0.3 is 0 Å². The second kappa shape index (κ2) is 5.72. The molecule has 0 saturated heterocycles. The van der Waals surface area contributed by atoms with Crippen LogP contribution in [-0.2, 0) is 12.3 Å². The van der Waals surface area contributed by atoms with Crippen LogP contribution in [0.1, 0.15) is 11.1 Å². The molecule has 2 aromatic rings. The SMILES string of the molecule is NC1(c2ccccc2)N=C(NCc2cccnc2)N=CN1. The number of nitrogens with two attached hydrogens (primary N) is 1. The predicted molar refractivity (Wildman–Crippen MR) is 82.4 cm³/mol. The highest BCUT2D eigenvalue weighted by Crippen LogP contribution is 2.17. The molecule has 1 unspecified atom stereocenters. The molecular weight excluding hydrogens is 264 g/mol. The average molecular weight is 280 g/mol. The Morgan fingerprint density at radius 3 is 2.76 bits per heavy atom. The minimum Gasteiger partial charge on any atom is -0.350 e. The first-order valence-corrected chi connectivity index (χ1v) is 6.63. The Bertz CT molecular complexity index is 652. The third kappa shape index (κ3) is 3.06. The number of aliphatic imine (C=N–C) groups is 2. The smallest absolute Gasteiger partial charge is 0.223 e. The van der Waals surface area contributed by atoms with Crippen molar-refractivity contribution in [3.8, 4) is 0 Å². The summed E-state index contributed by atoms with van der Waals surface area (Å²) in [5.74, 6) is -0.510. The summed E-state index contributed by atoms with van der Waals surface area (Å²) < 4.78 is 0. The zero-order valence-electron chi connectivity index (χ0n) is 11.4. The van der Waals surface area contributed by atoms with E-state index in [4.69, 9.17) is 5.73 Å². The topological polar surface area (TPSA) is 87.7 Å². The summed E-state index contributed by atoms with van der Waals surface area (Å²) in [6.45, 7) is 0.592. The van der Waals surface area contributed by atoms with E-state index in [-0.39, 0.29) is 0 Å². The molecule has 0 bridgehead atoms. The van der Waals surface area contributed by atoms with Crippen LogP contribution in [0.25, 0.3) is 0 Å². The van der Waals surface area contributed by atoms with Gasteiger partial charge in [0.05, 0.1) is 6.34 Å². The Morgan fingerprint density at radius 1 is 1.14 bits per heavy atom. The van der Waals surface area contributed by atoms with Crippen molar-refractivity contribution in [1.29, 1.82) is 0 Å². The van der Waals surface area contributed by atoms with Gasteiger partial charge in [0.25, 0.3) is 0 Å². The first-order valence-electron chi connectivity index (χ1n) is 6.63. The number of hydrogen-bond acceptors (Lipinski definition) is 6. The predicted octanol–water partition coefficient (Wildman–Crippen LogP) is 0.928. The van der Waals surface area contributed by atoms with Crippen molar-refractivity contribution in [2.24, 2.45) is 15.7 Å². The molecule has 6 heteroatoms. The number of hydrogen-bond donors (Lipinski definition) is 3. The zero-order valence-corrected chi connectivity index (χ0v) is 11.4. The number of pyridine rings is 1. The Hall–Kier alpha value is -2.73. The number of guanidine groups is 1. The van der Waals surface area contributed by atoms with Crippen LogP contribution in [0.4, 0.5) is 0 Å². The molecule has 0 fully saturated rings. The van der Waals surface area contributed by atoms with E-state index in [1.807, 2.05) is 42.5 Å². The molecular formula is C15H16N6. The van der Waals surface area contributed by atoms with Crippen molar-refractivity contribution >= 4 is 12.3 Å². The number of nitrogens with one attached hydrogen (secondary N) is 2. The molecule has 0 aliphatic carbocycles.